The molecule has 0 radical (unpaired) electrons. The molecule has 0 saturated carbocycles. The predicted molar refractivity (Wildman–Crippen MR) is 59.4 cm³/mol. The topological polar surface area (TPSA) is 79.2 Å². The normalized spacial score (nSPS) is 11.3. The van der Waals surface area contributed by atoms with E-state index in [1.165, 1.54) is 13.1 Å². The number of carbonyl (C=O) groups excluding carboxylic acids is 1. The summed E-state index contributed by atoms with van der Waals surface area (Å²) < 4.78 is 0.711. The third-order valence-corrected chi connectivity index (χ3v) is 1.68. The lowest BCUT2D eigenvalue weighted by molar-refractivity contribution is -0.427. The molecule has 0 aliphatic carbocycles. The van der Waals surface area contributed by atoms with Gasteiger partial charge in [0.2, 0.25) is 5.91 Å². The van der Waals surface area contributed by atoms with E-state index in [-0.39, 0.29) is 5.91 Å². The molecule has 0 unspecified atom stereocenters. The van der Waals surface area contributed by atoms with Crippen LogP contribution in [0.25, 0.3) is 0 Å². The van der Waals surface area contributed by atoms with E-state index in [0.717, 1.165) is 6.42 Å². The van der Waals surface area contributed by atoms with Gasteiger partial charge in [-0.3, -0.25) is 20.2 Å². The zero-order valence-corrected chi connectivity index (χ0v) is 9.17. The summed E-state index contributed by atoms with van der Waals surface area (Å²) in [6.07, 6.45) is 1.96. The second kappa shape index (κ2) is 7.66. The van der Waals surface area contributed by atoms with Gasteiger partial charge in [-0.05, 0) is 12.5 Å². The van der Waals surface area contributed by atoms with E-state index in [4.69, 9.17) is 0 Å². The van der Waals surface area contributed by atoms with Gasteiger partial charge < -0.3 is 10.5 Å². The third kappa shape index (κ3) is 6.36. The molecule has 86 valence electrons. The Morgan fingerprint density at radius 2 is 2.07 bits per heavy atom. The average molecular weight is 214 g/mol. The number of nitrogens with one attached hydrogen (secondary N) is 3. The fraction of sp³-hybridized carbons (Fsp3) is 0.556. The number of carbonyl (C=O) groups is 1. The van der Waals surface area contributed by atoms with Crippen LogP contribution in [0, 0.1) is 5.21 Å². The van der Waals surface area contributed by atoms with Crippen LogP contribution in [-0.4, -0.2) is 43.8 Å². The van der Waals surface area contributed by atoms with E-state index in [9.17, 15) is 10.0 Å². The van der Waals surface area contributed by atoms with E-state index in [0.29, 0.717) is 23.8 Å². The first-order valence-electron chi connectivity index (χ1n) is 4.71. The van der Waals surface area contributed by atoms with Crippen molar-refractivity contribution in [2.45, 2.75) is 6.42 Å². The van der Waals surface area contributed by atoms with Crippen LogP contribution in [-0.2, 0) is 4.79 Å². The van der Waals surface area contributed by atoms with Gasteiger partial charge in [0.05, 0.1) is 20.6 Å². The molecule has 15 heavy (non-hydrogen) atoms. The third-order valence-electron chi connectivity index (χ3n) is 1.68. The zero-order valence-electron chi connectivity index (χ0n) is 9.17. The lowest BCUT2D eigenvalue weighted by Crippen LogP contribution is -2.41. The molecule has 0 aromatic heterocycles. The van der Waals surface area contributed by atoms with Gasteiger partial charge in [-0.1, -0.05) is 6.58 Å². The minimum absolute atomic E-state index is 0.186. The van der Waals surface area contributed by atoms with Crippen molar-refractivity contribution in [1.82, 2.24) is 16.0 Å². The van der Waals surface area contributed by atoms with Crippen LogP contribution in [0.15, 0.2) is 12.7 Å². The van der Waals surface area contributed by atoms with Crippen LogP contribution < -0.4 is 16.0 Å². The quantitative estimate of drug-likeness (QED) is 0.104. The second-order valence-corrected chi connectivity index (χ2v) is 2.87. The Bertz CT molecular complexity index is 246. The summed E-state index contributed by atoms with van der Waals surface area (Å²) in [7, 11) is 3.06. The molecule has 0 aromatic carbocycles. The number of hydrogen-bond donors (Lipinski definition) is 3. The molecule has 0 aliphatic rings. The van der Waals surface area contributed by atoms with Gasteiger partial charge in [0.1, 0.15) is 0 Å². The number of amides is 1. The van der Waals surface area contributed by atoms with Gasteiger partial charge in [-0.25, -0.2) is 0 Å². The van der Waals surface area contributed by atoms with Crippen LogP contribution in [0.5, 0.6) is 0 Å². The van der Waals surface area contributed by atoms with Gasteiger partial charge in [-0.2, -0.15) is 0 Å². The standard InChI is InChI=1S/C9H18N4O2/c1-4-8(14)11-6-5-7-12-9(10-2)13(3)15/h4,10,12H,1,5-7H2,2-3H3,(H,11,14)/b13-9-. The highest BCUT2D eigenvalue weighted by Crippen LogP contribution is 1.75. The molecule has 3 N–H and O–H groups in total. The Hall–Kier alpha value is -1.72. The first kappa shape index (κ1) is 13.3. The van der Waals surface area contributed by atoms with Gasteiger partial charge in [0.25, 0.3) is 0 Å². The van der Waals surface area contributed by atoms with Crippen LogP contribution >= 0.6 is 0 Å². The molecular weight excluding hydrogens is 196 g/mol. The average Bonchev–Trinajstić information content (AvgIpc) is 2.22. The number of hydrogen-bond acceptors (Lipinski definition) is 2. The molecule has 6 nitrogen and oxygen atoms in total. The maximum Gasteiger partial charge on any atom is 0.345 e. The summed E-state index contributed by atoms with van der Waals surface area (Å²) >= 11 is 0. The lowest BCUT2D eigenvalue weighted by Gasteiger charge is -2.10. The molecule has 0 saturated heterocycles. The smallest absolute Gasteiger partial charge is 0.345 e. The Labute approximate surface area is 89.6 Å². The van der Waals surface area contributed by atoms with E-state index >= 15 is 0 Å². The van der Waals surface area contributed by atoms with Crippen molar-refractivity contribution in [1.29, 1.82) is 0 Å². The van der Waals surface area contributed by atoms with Gasteiger partial charge in [0.15, 0.2) is 0 Å². The van der Waals surface area contributed by atoms with Crippen molar-refractivity contribution < 1.29 is 9.53 Å². The predicted octanol–water partition coefficient (Wildman–Crippen LogP) is -1.02. The van der Waals surface area contributed by atoms with Crippen LogP contribution in [0.2, 0.25) is 0 Å². The summed E-state index contributed by atoms with van der Waals surface area (Å²) in [4.78, 5) is 10.7. The summed E-state index contributed by atoms with van der Waals surface area (Å²) in [5, 5.41) is 19.1. The minimum Gasteiger partial charge on any atom is -0.745 e. The summed E-state index contributed by atoms with van der Waals surface area (Å²) in [5.41, 5.74) is 0. The molecule has 0 aromatic rings. The number of hydroxylamine groups is 1. The van der Waals surface area contributed by atoms with E-state index in [2.05, 4.69) is 22.5 Å². The lowest BCUT2D eigenvalue weighted by atomic mass is 10.4. The summed E-state index contributed by atoms with van der Waals surface area (Å²) in [6.45, 7) is 4.50. The number of nitrogens with zero attached hydrogens (tertiary/aromatic N) is 1. The highest BCUT2D eigenvalue weighted by Gasteiger charge is 2.01. The molecule has 1 amide bonds. The molecule has 0 fully saturated rings. The Morgan fingerprint density at radius 3 is 2.53 bits per heavy atom. The largest absolute Gasteiger partial charge is 0.745 e. The fourth-order valence-electron chi connectivity index (χ4n) is 0.936. The minimum atomic E-state index is -0.186. The molecule has 0 heterocycles. The Balaban J connectivity index is 3.58. The van der Waals surface area contributed by atoms with E-state index in [1.807, 2.05) is 0 Å². The van der Waals surface area contributed by atoms with Crippen LogP contribution in [0.1, 0.15) is 6.42 Å². The molecular formula is C9H18N4O2. The fourth-order valence-corrected chi connectivity index (χ4v) is 0.936. The maximum atomic E-state index is 10.9. The summed E-state index contributed by atoms with van der Waals surface area (Å²) in [5.74, 6) is 0.221. The van der Waals surface area contributed by atoms with Crippen molar-refractivity contribution in [3.63, 3.8) is 0 Å². The second-order valence-electron chi connectivity index (χ2n) is 2.87. The van der Waals surface area contributed by atoms with Gasteiger partial charge in [-0.15, -0.1) is 0 Å². The van der Waals surface area contributed by atoms with Crippen molar-refractivity contribution in [2.75, 3.05) is 27.2 Å². The monoisotopic (exact) mass is 214 g/mol. The zero-order chi connectivity index (χ0) is 11.7. The van der Waals surface area contributed by atoms with Crippen LogP contribution in [0.3, 0.4) is 0 Å². The highest BCUT2D eigenvalue weighted by molar-refractivity contribution is 5.86. The Morgan fingerprint density at radius 1 is 1.47 bits per heavy atom. The molecule has 0 spiro atoms. The molecule has 0 aliphatic heterocycles. The van der Waals surface area contributed by atoms with E-state index < -0.39 is 0 Å². The number of rotatable bonds is 5. The molecule has 0 rings (SSSR count). The molecule has 0 bridgehead atoms. The SMILES string of the molecule is C=CC(=O)NCCCN/C(NC)=[N+](/C)[O-]. The molecule has 0 atom stereocenters. The maximum absolute atomic E-state index is 10.9. The van der Waals surface area contributed by atoms with Crippen molar-refractivity contribution in [3.05, 3.63) is 17.9 Å². The Kier molecular flexibility index (Phi) is 6.78. The highest BCUT2D eigenvalue weighted by atomic mass is 16.5. The first-order valence-corrected chi connectivity index (χ1v) is 4.71. The van der Waals surface area contributed by atoms with Gasteiger partial charge in [0, 0.05) is 6.54 Å². The summed E-state index contributed by atoms with van der Waals surface area (Å²) in [6, 6.07) is 0. The van der Waals surface area contributed by atoms with Crippen molar-refractivity contribution in [2.24, 2.45) is 0 Å². The molecule has 6 heteroatoms. The van der Waals surface area contributed by atoms with E-state index in [1.54, 1.807) is 7.05 Å². The van der Waals surface area contributed by atoms with Crippen molar-refractivity contribution in [3.8, 4) is 0 Å². The first-order chi connectivity index (χ1) is 7.11. The number of guanidine groups is 1. The van der Waals surface area contributed by atoms with Gasteiger partial charge >= 0.3 is 5.96 Å². The van der Waals surface area contributed by atoms with Crippen LogP contribution in [0.4, 0.5) is 0 Å². The van der Waals surface area contributed by atoms with Crippen molar-refractivity contribution >= 4 is 11.9 Å².